The zero-order chi connectivity index (χ0) is 13.8. The maximum absolute atomic E-state index is 12.3. The number of benzene rings is 1. The third kappa shape index (κ3) is 3.04. The molecule has 4 nitrogen and oxygen atoms in total. The molecule has 0 aliphatic rings. The van der Waals surface area contributed by atoms with Gasteiger partial charge in [0.15, 0.2) is 10.9 Å². The van der Waals surface area contributed by atoms with E-state index in [0.717, 1.165) is 23.0 Å². The summed E-state index contributed by atoms with van der Waals surface area (Å²) in [6, 6.07) is 9.34. The molecule has 1 heterocycles. The minimum absolute atomic E-state index is 0.117. The zero-order valence-corrected chi connectivity index (χ0v) is 12.1. The largest absolute Gasteiger partial charge is 0.309 e. The summed E-state index contributed by atoms with van der Waals surface area (Å²) in [4.78, 5) is 12.3. The molecule has 0 saturated carbocycles. The van der Waals surface area contributed by atoms with Crippen LogP contribution >= 0.6 is 11.8 Å². The topological polar surface area (TPSA) is 47.8 Å². The lowest BCUT2D eigenvalue weighted by atomic mass is 10.1. The number of Topliss-reactive ketones (excluding diaryl/α,β-unsaturated/α-hetero) is 1. The van der Waals surface area contributed by atoms with Crippen molar-refractivity contribution < 1.29 is 4.79 Å². The lowest BCUT2D eigenvalue weighted by Gasteiger charge is -2.09. The fraction of sp³-hybridized carbons (Fsp3) is 0.357. The Kier molecular flexibility index (Phi) is 4.37. The van der Waals surface area contributed by atoms with Crippen LogP contribution in [0.4, 0.5) is 0 Å². The molecule has 0 amide bonds. The van der Waals surface area contributed by atoms with Gasteiger partial charge in [0, 0.05) is 19.0 Å². The van der Waals surface area contributed by atoms with Crippen molar-refractivity contribution in [3.8, 4) is 0 Å². The molecule has 0 saturated heterocycles. The number of rotatable bonds is 5. The van der Waals surface area contributed by atoms with Crippen LogP contribution in [0, 0.1) is 0 Å². The summed E-state index contributed by atoms with van der Waals surface area (Å²) in [6.07, 6.45) is 0.838. The molecule has 19 heavy (non-hydrogen) atoms. The van der Waals surface area contributed by atoms with E-state index in [9.17, 15) is 4.79 Å². The van der Waals surface area contributed by atoms with Crippen LogP contribution in [0.15, 0.2) is 35.5 Å². The van der Waals surface area contributed by atoms with Gasteiger partial charge in [-0.25, -0.2) is 0 Å². The van der Waals surface area contributed by atoms with Gasteiger partial charge in [-0.1, -0.05) is 49.0 Å². The third-order valence-electron chi connectivity index (χ3n) is 2.95. The number of aryl methyl sites for hydroxylation is 1. The van der Waals surface area contributed by atoms with Crippen molar-refractivity contribution in [2.45, 2.75) is 30.7 Å². The molecule has 2 rings (SSSR count). The Morgan fingerprint density at radius 2 is 2.00 bits per heavy atom. The average molecular weight is 275 g/mol. The van der Waals surface area contributed by atoms with E-state index in [1.165, 1.54) is 11.8 Å². The summed E-state index contributed by atoms with van der Waals surface area (Å²) in [5.74, 6) is 1.05. The zero-order valence-electron chi connectivity index (χ0n) is 11.3. The van der Waals surface area contributed by atoms with Crippen molar-refractivity contribution in [2.75, 3.05) is 0 Å². The number of hydrogen-bond donors (Lipinski definition) is 0. The predicted octanol–water partition coefficient (Wildman–Crippen LogP) is 2.74. The summed E-state index contributed by atoms with van der Waals surface area (Å²) in [5.41, 5.74) is 0.736. The van der Waals surface area contributed by atoms with E-state index in [1.54, 1.807) is 0 Å². The molecule has 0 N–H and O–H groups in total. The highest BCUT2D eigenvalue weighted by Gasteiger charge is 2.19. The van der Waals surface area contributed by atoms with Crippen molar-refractivity contribution >= 4 is 17.5 Å². The normalized spacial score (nSPS) is 12.4. The van der Waals surface area contributed by atoms with Crippen LogP contribution in [0.5, 0.6) is 0 Å². The molecule has 5 heteroatoms. The fourth-order valence-corrected chi connectivity index (χ4v) is 2.72. The molecule has 0 radical (unpaired) electrons. The molecule has 0 fully saturated rings. The second-order valence-electron chi connectivity index (χ2n) is 4.30. The second-order valence-corrected chi connectivity index (χ2v) is 5.61. The van der Waals surface area contributed by atoms with Crippen molar-refractivity contribution in [1.29, 1.82) is 0 Å². The quantitative estimate of drug-likeness (QED) is 0.622. The Hall–Kier alpha value is -1.62. The number of ketones is 1. The standard InChI is InChI=1S/C14H17N3OS/c1-4-12-15-16-14(17(12)3)19-10(2)13(18)11-8-6-5-7-9-11/h5-10H,4H2,1-3H3. The van der Waals surface area contributed by atoms with Gasteiger partial charge in [-0.2, -0.15) is 0 Å². The van der Waals surface area contributed by atoms with Gasteiger partial charge in [0.1, 0.15) is 5.82 Å². The fourth-order valence-electron chi connectivity index (χ4n) is 1.80. The highest BCUT2D eigenvalue weighted by Crippen LogP contribution is 2.24. The first-order valence-electron chi connectivity index (χ1n) is 6.27. The molecule has 1 aromatic carbocycles. The van der Waals surface area contributed by atoms with Gasteiger partial charge in [0.25, 0.3) is 0 Å². The van der Waals surface area contributed by atoms with Crippen molar-refractivity contribution in [2.24, 2.45) is 7.05 Å². The van der Waals surface area contributed by atoms with E-state index < -0.39 is 0 Å². The van der Waals surface area contributed by atoms with Crippen molar-refractivity contribution in [3.63, 3.8) is 0 Å². The maximum Gasteiger partial charge on any atom is 0.191 e. The summed E-state index contributed by atoms with van der Waals surface area (Å²) < 4.78 is 1.94. The van der Waals surface area contributed by atoms with E-state index in [0.29, 0.717) is 0 Å². The number of thioether (sulfide) groups is 1. The van der Waals surface area contributed by atoms with Crippen LogP contribution < -0.4 is 0 Å². The van der Waals surface area contributed by atoms with E-state index in [1.807, 2.05) is 55.8 Å². The van der Waals surface area contributed by atoms with Crippen LogP contribution in [0.3, 0.4) is 0 Å². The Labute approximate surface area is 117 Å². The first-order chi connectivity index (χ1) is 9.13. The number of aromatic nitrogens is 3. The van der Waals surface area contributed by atoms with E-state index in [-0.39, 0.29) is 11.0 Å². The summed E-state index contributed by atoms with van der Waals surface area (Å²) >= 11 is 1.45. The summed E-state index contributed by atoms with van der Waals surface area (Å²) in [5, 5.41) is 8.84. The van der Waals surface area contributed by atoms with Gasteiger partial charge >= 0.3 is 0 Å². The monoisotopic (exact) mass is 275 g/mol. The van der Waals surface area contributed by atoms with Crippen LogP contribution in [-0.4, -0.2) is 25.8 Å². The molecule has 100 valence electrons. The van der Waals surface area contributed by atoms with Crippen LogP contribution in [-0.2, 0) is 13.5 Å². The summed E-state index contributed by atoms with van der Waals surface area (Å²) in [7, 11) is 1.93. The minimum atomic E-state index is -0.171. The molecule has 2 aromatic rings. The number of carbonyl (C=O) groups excluding carboxylic acids is 1. The van der Waals surface area contributed by atoms with Crippen molar-refractivity contribution in [1.82, 2.24) is 14.8 Å². The van der Waals surface area contributed by atoms with Gasteiger partial charge in [0.2, 0.25) is 0 Å². The first kappa shape index (κ1) is 13.8. The molecule has 0 bridgehead atoms. The van der Waals surface area contributed by atoms with Crippen molar-refractivity contribution in [3.05, 3.63) is 41.7 Å². The lowest BCUT2D eigenvalue weighted by Crippen LogP contribution is -2.14. The molecule has 0 aliphatic carbocycles. The molecule has 1 unspecified atom stereocenters. The maximum atomic E-state index is 12.3. The molecular formula is C14H17N3OS. The highest BCUT2D eigenvalue weighted by atomic mass is 32.2. The molecule has 0 spiro atoms. The molecular weight excluding hydrogens is 258 g/mol. The number of hydrogen-bond acceptors (Lipinski definition) is 4. The van der Waals surface area contributed by atoms with Crippen LogP contribution in [0.1, 0.15) is 30.0 Å². The molecule has 1 atom stereocenters. The van der Waals surface area contributed by atoms with Gasteiger partial charge < -0.3 is 4.57 Å². The van der Waals surface area contributed by atoms with Gasteiger partial charge in [0.05, 0.1) is 5.25 Å². The summed E-state index contributed by atoms with van der Waals surface area (Å²) in [6.45, 7) is 3.94. The smallest absolute Gasteiger partial charge is 0.191 e. The van der Waals surface area contributed by atoms with E-state index in [2.05, 4.69) is 10.2 Å². The van der Waals surface area contributed by atoms with E-state index in [4.69, 9.17) is 0 Å². The Bertz CT molecular complexity index is 565. The second kappa shape index (κ2) is 6.02. The first-order valence-corrected chi connectivity index (χ1v) is 7.15. The predicted molar refractivity (Wildman–Crippen MR) is 76.5 cm³/mol. The average Bonchev–Trinajstić information content (AvgIpc) is 2.79. The van der Waals surface area contributed by atoms with E-state index >= 15 is 0 Å². The minimum Gasteiger partial charge on any atom is -0.309 e. The van der Waals surface area contributed by atoms with Crippen LogP contribution in [0.2, 0.25) is 0 Å². The number of carbonyl (C=O) groups is 1. The Balaban J connectivity index is 2.11. The van der Waals surface area contributed by atoms with Gasteiger partial charge in [-0.15, -0.1) is 10.2 Å². The van der Waals surface area contributed by atoms with Gasteiger partial charge in [-0.3, -0.25) is 4.79 Å². The van der Waals surface area contributed by atoms with Crippen LogP contribution in [0.25, 0.3) is 0 Å². The number of nitrogens with zero attached hydrogens (tertiary/aromatic N) is 3. The Morgan fingerprint density at radius 3 is 2.58 bits per heavy atom. The molecule has 0 aliphatic heterocycles. The highest BCUT2D eigenvalue weighted by molar-refractivity contribution is 8.00. The Morgan fingerprint density at radius 1 is 1.32 bits per heavy atom. The molecule has 1 aromatic heterocycles. The third-order valence-corrected chi connectivity index (χ3v) is 4.08. The van der Waals surface area contributed by atoms with Gasteiger partial charge in [-0.05, 0) is 6.92 Å². The lowest BCUT2D eigenvalue weighted by molar-refractivity contribution is 0.0994. The SMILES string of the molecule is CCc1nnc(SC(C)C(=O)c2ccccc2)n1C.